The summed E-state index contributed by atoms with van der Waals surface area (Å²) in [6.45, 7) is 11.8. The van der Waals surface area contributed by atoms with E-state index in [-0.39, 0.29) is 0 Å². The van der Waals surface area contributed by atoms with Crippen molar-refractivity contribution in [3.05, 3.63) is 34.3 Å². The van der Waals surface area contributed by atoms with Gasteiger partial charge in [0.2, 0.25) is 0 Å². The van der Waals surface area contributed by atoms with Crippen LogP contribution in [0.5, 0.6) is 0 Å². The van der Waals surface area contributed by atoms with Gasteiger partial charge < -0.3 is 9.88 Å². The molecule has 1 aliphatic rings. The molecule has 1 unspecified atom stereocenters. The van der Waals surface area contributed by atoms with Crippen LogP contribution < -0.4 is 5.32 Å². The Morgan fingerprint density at radius 2 is 2.26 bits per heavy atom. The van der Waals surface area contributed by atoms with Gasteiger partial charge >= 0.3 is 0 Å². The second-order valence-electron chi connectivity index (χ2n) is 6.73. The molecule has 1 saturated heterocycles. The molecule has 1 aliphatic heterocycles. The first-order valence-electron chi connectivity index (χ1n) is 8.47. The van der Waals surface area contributed by atoms with Crippen LogP contribution in [0, 0.1) is 12.8 Å². The third-order valence-electron chi connectivity index (χ3n) is 4.56. The van der Waals surface area contributed by atoms with Crippen molar-refractivity contribution >= 4 is 11.3 Å². The van der Waals surface area contributed by atoms with Crippen molar-refractivity contribution in [2.24, 2.45) is 5.92 Å². The first-order valence-corrected chi connectivity index (χ1v) is 9.35. The summed E-state index contributed by atoms with van der Waals surface area (Å²) < 4.78 is 2.28. The Morgan fingerprint density at radius 3 is 2.91 bits per heavy atom. The Hall–Kier alpha value is -1.24. The number of rotatable bonds is 7. The van der Waals surface area contributed by atoms with Crippen LogP contribution in [0.25, 0.3) is 0 Å². The second kappa shape index (κ2) is 7.55. The van der Waals surface area contributed by atoms with Crippen LogP contribution in [0.2, 0.25) is 0 Å². The van der Waals surface area contributed by atoms with Crippen LogP contribution in [0.1, 0.15) is 42.7 Å². The standard InChI is InChI=1S/C17H27N5S/c1-13(2)22-7-6-19-17(22)11-21(9-15-4-5-18-8-15)10-16-14(3)20-12-23-16/h6-7,12-13,15,18H,4-5,8-11H2,1-3H3. The van der Waals surface area contributed by atoms with E-state index in [0.29, 0.717) is 6.04 Å². The summed E-state index contributed by atoms with van der Waals surface area (Å²) in [5, 5.41) is 3.48. The van der Waals surface area contributed by atoms with Gasteiger partial charge in [-0.2, -0.15) is 0 Å². The molecule has 23 heavy (non-hydrogen) atoms. The maximum atomic E-state index is 4.60. The van der Waals surface area contributed by atoms with Crippen LogP contribution in [0.3, 0.4) is 0 Å². The van der Waals surface area contributed by atoms with Gasteiger partial charge in [-0.15, -0.1) is 11.3 Å². The molecule has 6 heteroatoms. The molecule has 0 amide bonds. The van der Waals surface area contributed by atoms with E-state index >= 15 is 0 Å². The van der Waals surface area contributed by atoms with E-state index in [2.05, 4.69) is 51.7 Å². The van der Waals surface area contributed by atoms with Gasteiger partial charge in [0.15, 0.2) is 0 Å². The van der Waals surface area contributed by atoms with Crippen molar-refractivity contribution < 1.29 is 0 Å². The van der Waals surface area contributed by atoms with Crippen molar-refractivity contribution in [2.45, 2.75) is 46.3 Å². The van der Waals surface area contributed by atoms with Gasteiger partial charge in [0.05, 0.1) is 17.7 Å². The lowest BCUT2D eigenvalue weighted by Gasteiger charge is -2.25. The number of imidazole rings is 1. The quantitative estimate of drug-likeness (QED) is 0.846. The SMILES string of the molecule is Cc1ncsc1CN(Cc1nccn1C(C)C)CC1CCNC1. The molecule has 0 radical (unpaired) electrons. The minimum atomic E-state index is 0.452. The monoisotopic (exact) mass is 333 g/mol. The average Bonchev–Trinajstić information content (AvgIpc) is 3.23. The molecule has 0 bridgehead atoms. The molecular weight excluding hydrogens is 306 g/mol. The summed E-state index contributed by atoms with van der Waals surface area (Å²) in [5.74, 6) is 1.90. The topological polar surface area (TPSA) is 46.0 Å². The van der Waals surface area contributed by atoms with Crippen molar-refractivity contribution in [3.63, 3.8) is 0 Å². The summed E-state index contributed by atoms with van der Waals surface area (Å²) >= 11 is 1.76. The Kier molecular flexibility index (Phi) is 5.46. The number of thiazole rings is 1. The maximum Gasteiger partial charge on any atom is 0.123 e. The van der Waals surface area contributed by atoms with Gasteiger partial charge in [-0.1, -0.05) is 0 Å². The fourth-order valence-corrected chi connectivity index (χ4v) is 4.06. The van der Waals surface area contributed by atoms with Crippen LogP contribution in [0.4, 0.5) is 0 Å². The van der Waals surface area contributed by atoms with Crippen molar-refractivity contribution in [1.82, 2.24) is 24.8 Å². The highest BCUT2D eigenvalue weighted by molar-refractivity contribution is 7.09. The zero-order chi connectivity index (χ0) is 16.2. The van der Waals surface area contributed by atoms with Crippen molar-refractivity contribution in [2.75, 3.05) is 19.6 Å². The molecule has 2 aromatic heterocycles. The van der Waals surface area contributed by atoms with Gasteiger partial charge in [-0.05, 0) is 46.2 Å². The summed E-state index contributed by atoms with van der Waals surface area (Å²) in [5.41, 5.74) is 3.12. The van der Waals surface area contributed by atoms with E-state index in [4.69, 9.17) is 0 Å². The number of hydrogen-bond acceptors (Lipinski definition) is 5. The molecule has 3 rings (SSSR count). The van der Waals surface area contributed by atoms with Crippen molar-refractivity contribution in [1.29, 1.82) is 0 Å². The number of aromatic nitrogens is 3. The lowest BCUT2D eigenvalue weighted by molar-refractivity contribution is 0.213. The molecule has 0 saturated carbocycles. The van der Waals surface area contributed by atoms with Crippen molar-refractivity contribution in [3.8, 4) is 0 Å². The third-order valence-corrected chi connectivity index (χ3v) is 5.48. The maximum absolute atomic E-state index is 4.60. The minimum absolute atomic E-state index is 0.452. The highest BCUT2D eigenvalue weighted by atomic mass is 32.1. The summed E-state index contributed by atoms with van der Waals surface area (Å²) in [4.78, 5) is 12.9. The molecule has 0 aliphatic carbocycles. The van der Waals surface area contributed by atoms with Crippen LogP contribution >= 0.6 is 11.3 Å². The number of nitrogens with one attached hydrogen (secondary N) is 1. The third kappa shape index (κ3) is 4.19. The summed E-state index contributed by atoms with van der Waals surface area (Å²) in [7, 11) is 0. The first kappa shape index (κ1) is 16.6. The highest BCUT2D eigenvalue weighted by Gasteiger charge is 2.21. The van der Waals surface area contributed by atoms with E-state index in [0.717, 1.165) is 50.2 Å². The second-order valence-corrected chi connectivity index (χ2v) is 7.67. The van der Waals surface area contributed by atoms with E-state index in [9.17, 15) is 0 Å². The molecule has 1 N–H and O–H groups in total. The Balaban J connectivity index is 1.73. The van der Waals surface area contributed by atoms with E-state index in [1.165, 1.54) is 11.3 Å². The molecule has 126 valence electrons. The Labute approximate surface area is 142 Å². The number of hydrogen-bond donors (Lipinski definition) is 1. The summed E-state index contributed by atoms with van der Waals surface area (Å²) in [6.07, 6.45) is 5.28. The molecule has 0 aromatic carbocycles. The van der Waals surface area contributed by atoms with E-state index in [1.54, 1.807) is 11.3 Å². The lowest BCUT2D eigenvalue weighted by Crippen LogP contribution is -2.31. The Bertz CT molecular complexity index is 612. The zero-order valence-electron chi connectivity index (χ0n) is 14.3. The molecule has 5 nitrogen and oxygen atoms in total. The first-order chi connectivity index (χ1) is 11.1. The molecule has 1 fully saturated rings. The minimum Gasteiger partial charge on any atom is -0.331 e. The van der Waals surface area contributed by atoms with Gasteiger partial charge in [0.25, 0.3) is 0 Å². The van der Waals surface area contributed by atoms with Crippen LogP contribution in [0.15, 0.2) is 17.9 Å². The zero-order valence-corrected chi connectivity index (χ0v) is 15.1. The normalized spacial score (nSPS) is 18.4. The largest absolute Gasteiger partial charge is 0.331 e. The molecule has 0 spiro atoms. The highest BCUT2D eigenvalue weighted by Crippen LogP contribution is 2.20. The number of nitrogens with zero attached hydrogens (tertiary/aromatic N) is 4. The van der Waals surface area contributed by atoms with E-state index < -0.39 is 0 Å². The van der Waals surface area contributed by atoms with E-state index in [1.807, 2.05) is 11.7 Å². The molecule has 3 heterocycles. The molecular formula is C17H27N5S. The fourth-order valence-electron chi connectivity index (χ4n) is 3.24. The number of aryl methyl sites for hydroxylation is 1. The van der Waals surface area contributed by atoms with Gasteiger partial charge in [-0.3, -0.25) is 4.90 Å². The average molecular weight is 334 g/mol. The Morgan fingerprint density at radius 1 is 1.39 bits per heavy atom. The molecule has 2 aromatic rings. The fraction of sp³-hybridized carbons (Fsp3) is 0.647. The van der Waals surface area contributed by atoms with Crippen LogP contribution in [-0.4, -0.2) is 39.1 Å². The predicted molar refractivity (Wildman–Crippen MR) is 94.6 cm³/mol. The summed E-state index contributed by atoms with van der Waals surface area (Å²) in [6, 6.07) is 0.452. The van der Waals surface area contributed by atoms with Gasteiger partial charge in [-0.25, -0.2) is 9.97 Å². The smallest absolute Gasteiger partial charge is 0.123 e. The lowest BCUT2D eigenvalue weighted by atomic mass is 10.1. The predicted octanol–water partition coefficient (Wildman–Crippen LogP) is 2.84. The van der Waals surface area contributed by atoms with Gasteiger partial charge in [0.1, 0.15) is 5.82 Å². The van der Waals surface area contributed by atoms with Gasteiger partial charge in [0, 0.05) is 36.4 Å². The van der Waals surface area contributed by atoms with Crippen LogP contribution in [-0.2, 0) is 13.1 Å². The molecule has 1 atom stereocenters.